The molecule has 1 nitrogen and oxygen atoms in total. The summed E-state index contributed by atoms with van der Waals surface area (Å²) < 4.78 is 0. The molecule has 0 amide bonds. The van der Waals surface area contributed by atoms with Crippen molar-refractivity contribution in [3.63, 3.8) is 0 Å². The Labute approximate surface area is 84.1 Å². The molecule has 3 aliphatic carbocycles. The highest BCUT2D eigenvalue weighted by atomic mass is 16.1. The number of ketones is 1. The van der Waals surface area contributed by atoms with Gasteiger partial charge in [-0.1, -0.05) is 30.7 Å². The molecule has 1 fully saturated rings. The lowest BCUT2D eigenvalue weighted by atomic mass is 9.77. The van der Waals surface area contributed by atoms with Crippen LogP contribution in [0.5, 0.6) is 0 Å². The molecule has 14 heavy (non-hydrogen) atoms. The number of carbonyl (C=O) groups is 1. The Morgan fingerprint density at radius 1 is 1.07 bits per heavy atom. The number of hydrogen-bond donors (Lipinski definition) is 0. The van der Waals surface area contributed by atoms with E-state index in [2.05, 4.69) is 24.3 Å². The Hall–Kier alpha value is -1.11. The van der Waals surface area contributed by atoms with Gasteiger partial charge in [-0.3, -0.25) is 4.79 Å². The number of hydrogen-bond acceptors (Lipinski definition) is 1. The smallest absolute Gasteiger partial charge is 0.140 e. The second kappa shape index (κ2) is 2.94. The van der Waals surface area contributed by atoms with E-state index in [1.807, 2.05) is 0 Å². The van der Waals surface area contributed by atoms with Gasteiger partial charge in [0.15, 0.2) is 0 Å². The van der Waals surface area contributed by atoms with Crippen molar-refractivity contribution < 1.29 is 4.79 Å². The van der Waals surface area contributed by atoms with Gasteiger partial charge in [-0.2, -0.15) is 0 Å². The van der Waals surface area contributed by atoms with E-state index in [0.29, 0.717) is 11.7 Å². The molecule has 1 aromatic carbocycles. The quantitative estimate of drug-likeness (QED) is 0.608. The van der Waals surface area contributed by atoms with Crippen molar-refractivity contribution in [3.05, 3.63) is 35.4 Å². The van der Waals surface area contributed by atoms with Gasteiger partial charge in [0.1, 0.15) is 5.78 Å². The lowest BCUT2D eigenvalue weighted by Crippen LogP contribution is -2.20. The molecule has 1 saturated carbocycles. The molecule has 2 atom stereocenters. The number of Topliss-reactive ketones (excluding diaryl/α,β-unsaturated/α-hetero) is 1. The zero-order valence-corrected chi connectivity index (χ0v) is 8.20. The zero-order valence-electron chi connectivity index (χ0n) is 8.20. The summed E-state index contributed by atoms with van der Waals surface area (Å²) in [7, 11) is 0. The first-order valence-electron chi connectivity index (χ1n) is 5.48. The lowest BCUT2D eigenvalue weighted by Gasteiger charge is -2.25. The van der Waals surface area contributed by atoms with Crippen LogP contribution in [0.1, 0.15) is 48.6 Å². The van der Waals surface area contributed by atoms with Crippen LogP contribution in [0.3, 0.4) is 0 Å². The Balaban J connectivity index is 2.20. The Bertz CT molecular complexity index is 381. The zero-order chi connectivity index (χ0) is 9.54. The summed E-state index contributed by atoms with van der Waals surface area (Å²) in [5, 5.41) is 0. The standard InChI is InChI=1S/C13H14O/c14-13-8-9-4-3-7-12(13)11-6-2-1-5-10(9)11/h1-2,5-6,9,12H,3-4,7-8H2. The third-order valence-electron chi connectivity index (χ3n) is 3.69. The monoisotopic (exact) mass is 186 g/mol. The van der Waals surface area contributed by atoms with Crippen molar-refractivity contribution in [1.29, 1.82) is 0 Å². The van der Waals surface area contributed by atoms with Crippen LogP contribution in [-0.2, 0) is 4.79 Å². The highest BCUT2D eigenvalue weighted by Crippen LogP contribution is 2.44. The minimum Gasteiger partial charge on any atom is -0.299 e. The van der Waals surface area contributed by atoms with Crippen LogP contribution in [-0.4, -0.2) is 5.78 Å². The number of carbonyl (C=O) groups excluding carboxylic acids is 1. The van der Waals surface area contributed by atoms with E-state index in [9.17, 15) is 4.79 Å². The highest BCUT2D eigenvalue weighted by Gasteiger charge is 2.35. The van der Waals surface area contributed by atoms with Gasteiger partial charge in [-0.05, 0) is 29.9 Å². The Morgan fingerprint density at radius 3 is 2.71 bits per heavy atom. The normalized spacial score (nSPS) is 29.9. The number of fused-ring (bicyclic) bond motifs is 3. The van der Waals surface area contributed by atoms with Crippen LogP contribution in [0.2, 0.25) is 0 Å². The average molecular weight is 186 g/mol. The molecule has 2 unspecified atom stereocenters. The number of rotatable bonds is 0. The van der Waals surface area contributed by atoms with E-state index in [-0.39, 0.29) is 5.92 Å². The van der Waals surface area contributed by atoms with E-state index >= 15 is 0 Å². The van der Waals surface area contributed by atoms with Crippen LogP contribution in [0.4, 0.5) is 0 Å². The van der Waals surface area contributed by atoms with Crippen LogP contribution < -0.4 is 0 Å². The maximum atomic E-state index is 11.8. The molecule has 72 valence electrons. The molecule has 0 aliphatic heterocycles. The van der Waals surface area contributed by atoms with Crippen molar-refractivity contribution in [1.82, 2.24) is 0 Å². The Morgan fingerprint density at radius 2 is 1.86 bits per heavy atom. The van der Waals surface area contributed by atoms with E-state index in [0.717, 1.165) is 12.8 Å². The van der Waals surface area contributed by atoms with Gasteiger partial charge in [-0.15, -0.1) is 0 Å². The van der Waals surface area contributed by atoms with Gasteiger partial charge in [0, 0.05) is 12.3 Å². The molecular weight excluding hydrogens is 172 g/mol. The number of benzene rings is 1. The fourth-order valence-corrected chi connectivity index (χ4v) is 3.01. The van der Waals surface area contributed by atoms with Gasteiger partial charge < -0.3 is 0 Å². The third kappa shape index (κ3) is 1.05. The van der Waals surface area contributed by atoms with Crippen molar-refractivity contribution >= 4 is 5.78 Å². The maximum absolute atomic E-state index is 11.8. The van der Waals surface area contributed by atoms with Gasteiger partial charge in [0.05, 0.1) is 0 Å². The summed E-state index contributed by atoms with van der Waals surface area (Å²) >= 11 is 0. The first kappa shape index (κ1) is 8.22. The predicted molar refractivity (Wildman–Crippen MR) is 55.4 cm³/mol. The van der Waals surface area contributed by atoms with Crippen molar-refractivity contribution in [3.8, 4) is 0 Å². The van der Waals surface area contributed by atoms with E-state index < -0.39 is 0 Å². The molecule has 4 rings (SSSR count). The van der Waals surface area contributed by atoms with Crippen molar-refractivity contribution in [2.24, 2.45) is 0 Å². The van der Waals surface area contributed by atoms with Crippen molar-refractivity contribution in [2.75, 3.05) is 0 Å². The van der Waals surface area contributed by atoms with Crippen LogP contribution in [0.15, 0.2) is 24.3 Å². The first-order chi connectivity index (χ1) is 6.86. The van der Waals surface area contributed by atoms with Crippen molar-refractivity contribution in [2.45, 2.75) is 37.5 Å². The van der Waals surface area contributed by atoms with Gasteiger partial charge in [-0.25, -0.2) is 0 Å². The SMILES string of the molecule is O=C1CC2CCCC1c1ccccc12. The molecule has 2 bridgehead atoms. The topological polar surface area (TPSA) is 17.1 Å². The van der Waals surface area contributed by atoms with Crippen LogP contribution >= 0.6 is 0 Å². The fraction of sp³-hybridized carbons (Fsp3) is 0.462. The summed E-state index contributed by atoms with van der Waals surface area (Å²) in [5.41, 5.74) is 2.78. The molecule has 0 saturated heterocycles. The van der Waals surface area contributed by atoms with Gasteiger partial charge in [0.25, 0.3) is 0 Å². The highest BCUT2D eigenvalue weighted by molar-refractivity contribution is 5.89. The van der Waals surface area contributed by atoms with Gasteiger partial charge >= 0.3 is 0 Å². The summed E-state index contributed by atoms with van der Waals surface area (Å²) in [6, 6.07) is 8.52. The first-order valence-corrected chi connectivity index (χ1v) is 5.48. The molecule has 0 radical (unpaired) electrons. The molecule has 0 N–H and O–H groups in total. The minimum absolute atomic E-state index is 0.227. The molecule has 0 spiro atoms. The second-order valence-electron chi connectivity index (χ2n) is 4.48. The third-order valence-corrected chi connectivity index (χ3v) is 3.69. The lowest BCUT2D eigenvalue weighted by molar-refractivity contribution is -0.121. The van der Waals surface area contributed by atoms with E-state index in [4.69, 9.17) is 0 Å². The molecule has 1 heteroatoms. The molecule has 0 aromatic heterocycles. The summed E-state index contributed by atoms with van der Waals surface area (Å²) in [4.78, 5) is 11.8. The largest absolute Gasteiger partial charge is 0.299 e. The molecular formula is C13H14O. The van der Waals surface area contributed by atoms with E-state index in [1.165, 1.54) is 24.0 Å². The molecule has 1 aromatic rings. The van der Waals surface area contributed by atoms with E-state index in [1.54, 1.807) is 0 Å². The fourth-order valence-electron chi connectivity index (χ4n) is 3.01. The predicted octanol–water partition coefficient (Wildman–Crippen LogP) is 3.01. The summed E-state index contributed by atoms with van der Waals surface area (Å²) in [6.07, 6.45) is 4.29. The average Bonchev–Trinajstić information content (AvgIpc) is 2.49. The second-order valence-corrected chi connectivity index (χ2v) is 4.48. The minimum atomic E-state index is 0.227. The maximum Gasteiger partial charge on any atom is 0.140 e. The summed E-state index contributed by atoms with van der Waals surface area (Å²) in [5.74, 6) is 1.23. The Kier molecular flexibility index (Phi) is 1.73. The van der Waals surface area contributed by atoms with Gasteiger partial charge in [0.2, 0.25) is 0 Å². The molecule has 0 heterocycles. The van der Waals surface area contributed by atoms with Crippen LogP contribution in [0, 0.1) is 0 Å². The summed E-state index contributed by atoms with van der Waals surface area (Å²) in [6.45, 7) is 0. The van der Waals surface area contributed by atoms with Crippen LogP contribution in [0.25, 0.3) is 0 Å². The molecule has 3 aliphatic rings.